The van der Waals surface area contributed by atoms with E-state index in [1.54, 1.807) is 0 Å². The van der Waals surface area contributed by atoms with Crippen LogP contribution in [0.15, 0.2) is 10.6 Å². The summed E-state index contributed by atoms with van der Waals surface area (Å²) in [6.07, 6.45) is 2.82. The van der Waals surface area contributed by atoms with Gasteiger partial charge in [0, 0.05) is 23.8 Å². The fourth-order valence-corrected chi connectivity index (χ4v) is 3.24. The molecule has 1 saturated carbocycles. The van der Waals surface area contributed by atoms with Crippen LogP contribution in [-0.4, -0.2) is 46.6 Å². The summed E-state index contributed by atoms with van der Waals surface area (Å²) in [5.41, 5.74) is 3.25. The van der Waals surface area contributed by atoms with Crippen molar-refractivity contribution in [2.24, 2.45) is 0 Å². The van der Waals surface area contributed by atoms with Gasteiger partial charge in [-0.3, -0.25) is 9.89 Å². The van der Waals surface area contributed by atoms with Gasteiger partial charge in [0.05, 0.1) is 24.9 Å². The monoisotopic (exact) mass is 360 g/mol. The second kappa shape index (κ2) is 7.20. The highest BCUT2D eigenvalue weighted by atomic mass is 16.5. The van der Waals surface area contributed by atoms with E-state index in [0.717, 1.165) is 22.7 Å². The lowest BCUT2D eigenvalue weighted by molar-refractivity contribution is -0.0739. The molecule has 0 bridgehead atoms. The lowest BCUT2D eigenvalue weighted by atomic mass is 10.1. The van der Waals surface area contributed by atoms with Crippen LogP contribution in [0.5, 0.6) is 0 Å². The third kappa shape index (κ3) is 3.66. The van der Waals surface area contributed by atoms with Gasteiger partial charge >= 0.3 is 0 Å². The Labute approximate surface area is 151 Å². The molecule has 2 atom stereocenters. The van der Waals surface area contributed by atoms with E-state index >= 15 is 0 Å². The predicted octanol–water partition coefficient (Wildman–Crippen LogP) is 2.00. The third-order valence-corrected chi connectivity index (χ3v) is 5.09. The number of rotatable bonds is 6. The second-order valence-electron chi connectivity index (χ2n) is 7.08. The number of nitrogens with zero attached hydrogens (tertiary/aromatic N) is 2. The second-order valence-corrected chi connectivity index (χ2v) is 7.08. The topological polar surface area (TPSA) is 102 Å². The highest BCUT2D eigenvalue weighted by Crippen LogP contribution is 2.39. The molecule has 1 aliphatic heterocycles. The zero-order valence-electron chi connectivity index (χ0n) is 15.1. The Morgan fingerprint density at radius 1 is 1.38 bits per heavy atom. The average molecular weight is 360 g/mol. The van der Waals surface area contributed by atoms with Crippen molar-refractivity contribution in [2.45, 2.75) is 57.8 Å². The largest absolute Gasteiger partial charge is 0.379 e. The molecule has 4 rings (SSSR count). The van der Waals surface area contributed by atoms with Crippen LogP contribution in [0, 0.1) is 13.8 Å². The molecule has 2 N–H and O–H groups in total. The molecule has 8 nitrogen and oxygen atoms in total. The first-order valence-corrected chi connectivity index (χ1v) is 9.09. The summed E-state index contributed by atoms with van der Waals surface area (Å²) in [6, 6.07) is 1.74. The number of carbonyl (C=O) groups excluding carboxylic acids is 1. The first-order chi connectivity index (χ1) is 12.6. The van der Waals surface area contributed by atoms with Crippen molar-refractivity contribution in [3.05, 3.63) is 34.5 Å². The van der Waals surface area contributed by atoms with Crippen LogP contribution in [0.4, 0.5) is 0 Å². The van der Waals surface area contributed by atoms with Gasteiger partial charge in [-0.15, -0.1) is 0 Å². The molecule has 0 spiro atoms. The molecule has 2 aliphatic rings. The summed E-state index contributed by atoms with van der Waals surface area (Å²) >= 11 is 0. The zero-order valence-corrected chi connectivity index (χ0v) is 15.1. The molecule has 1 aliphatic carbocycles. The van der Waals surface area contributed by atoms with Crippen molar-refractivity contribution < 1.29 is 18.8 Å². The van der Waals surface area contributed by atoms with Crippen LogP contribution < -0.4 is 5.32 Å². The van der Waals surface area contributed by atoms with Crippen LogP contribution in [0.25, 0.3) is 0 Å². The minimum Gasteiger partial charge on any atom is -0.379 e. The van der Waals surface area contributed by atoms with E-state index in [1.807, 2.05) is 19.9 Å². The van der Waals surface area contributed by atoms with Crippen LogP contribution in [-0.2, 0) is 16.1 Å². The molecule has 2 fully saturated rings. The fraction of sp³-hybridized carbons (Fsp3) is 0.611. The number of hydrogen-bond donors (Lipinski definition) is 2. The molecule has 1 saturated heterocycles. The average Bonchev–Trinajstić information content (AvgIpc) is 3.28. The molecule has 0 unspecified atom stereocenters. The van der Waals surface area contributed by atoms with Crippen molar-refractivity contribution in [3.8, 4) is 0 Å². The van der Waals surface area contributed by atoms with Crippen LogP contribution in [0.3, 0.4) is 0 Å². The lowest BCUT2D eigenvalue weighted by Gasteiger charge is -2.31. The highest BCUT2D eigenvalue weighted by molar-refractivity contribution is 5.92. The number of carbonyl (C=O) groups is 1. The molecule has 2 aromatic heterocycles. The van der Waals surface area contributed by atoms with Gasteiger partial charge in [-0.05, 0) is 39.2 Å². The summed E-state index contributed by atoms with van der Waals surface area (Å²) in [7, 11) is 0. The smallest absolute Gasteiger partial charge is 0.272 e. The van der Waals surface area contributed by atoms with Crippen molar-refractivity contribution in [1.29, 1.82) is 0 Å². The summed E-state index contributed by atoms with van der Waals surface area (Å²) in [6.45, 7) is 5.19. The van der Waals surface area contributed by atoms with E-state index in [-0.39, 0.29) is 18.1 Å². The summed E-state index contributed by atoms with van der Waals surface area (Å²) in [5.74, 6) is 1.12. The van der Waals surface area contributed by atoms with Gasteiger partial charge in [0.25, 0.3) is 5.91 Å². The Balaban J connectivity index is 1.37. The number of aryl methyl sites for hydroxylation is 2. The van der Waals surface area contributed by atoms with Crippen molar-refractivity contribution in [1.82, 2.24) is 20.7 Å². The molecule has 1 amide bonds. The fourth-order valence-electron chi connectivity index (χ4n) is 3.24. The number of aromatic amines is 1. The SMILES string of the molecule is Cc1noc(C)c1CO[C@@H]1COCC[C@H]1NC(=O)c1cc(C2CC2)[nH]n1. The van der Waals surface area contributed by atoms with Gasteiger partial charge < -0.3 is 19.3 Å². The van der Waals surface area contributed by atoms with Crippen LogP contribution >= 0.6 is 0 Å². The standard InChI is InChI=1S/C18H24N4O4/c1-10-13(11(2)26-22-10)8-25-17-9-24-6-5-14(17)19-18(23)16-7-15(20-21-16)12-3-4-12/h7,12,14,17H,3-6,8-9H2,1-2H3,(H,19,23)(H,20,21)/t14-,17-/m1/s1. The Kier molecular flexibility index (Phi) is 4.78. The molecule has 2 aromatic rings. The minimum absolute atomic E-state index is 0.113. The maximum Gasteiger partial charge on any atom is 0.272 e. The maximum atomic E-state index is 12.5. The molecule has 0 radical (unpaired) electrons. The van der Waals surface area contributed by atoms with Crippen LogP contribution in [0.2, 0.25) is 0 Å². The minimum atomic E-state index is -0.219. The first kappa shape index (κ1) is 17.2. The summed E-state index contributed by atoms with van der Waals surface area (Å²) < 4.78 is 16.7. The van der Waals surface area contributed by atoms with Gasteiger partial charge in [0.1, 0.15) is 17.6 Å². The van der Waals surface area contributed by atoms with Gasteiger partial charge in [0.15, 0.2) is 0 Å². The molecule has 140 valence electrons. The van der Waals surface area contributed by atoms with Gasteiger partial charge in [0.2, 0.25) is 0 Å². The number of amides is 1. The summed E-state index contributed by atoms with van der Waals surface area (Å²) in [4.78, 5) is 12.5. The predicted molar refractivity (Wildman–Crippen MR) is 91.8 cm³/mol. The van der Waals surface area contributed by atoms with Gasteiger partial charge in [-0.1, -0.05) is 5.16 Å². The van der Waals surface area contributed by atoms with E-state index in [1.165, 1.54) is 12.8 Å². The number of nitrogens with one attached hydrogen (secondary N) is 2. The lowest BCUT2D eigenvalue weighted by Crippen LogP contribution is -2.50. The van der Waals surface area contributed by atoms with Crippen molar-refractivity contribution in [2.75, 3.05) is 13.2 Å². The Morgan fingerprint density at radius 3 is 2.96 bits per heavy atom. The third-order valence-electron chi connectivity index (χ3n) is 5.09. The van der Waals surface area contributed by atoms with E-state index in [9.17, 15) is 4.79 Å². The normalized spacial score (nSPS) is 23.2. The van der Waals surface area contributed by atoms with E-state index < -0.39 is 0 Å². The summed E-state index contributed by atoms with van der Waals surface area (Å²) in [5, 5.41) is 14.1. The number of ether oxygens (including phenoxy) is 2. The Hall–Kier alpha value is -2.19. The zero-order chi connectivity index (χ0) is 18.1. The number of H-pyrrole nitrogens is 1. The molecular formula is C18H24N4O4. The number of aromatic nitrogens is 3. The highest BCUT2D eigenvalue weighted by Gasteiger charge is 2.31. The van der Waals surface area contributed by atoms with E-state index in [0.29, 0.717) is 37.9 Å². The molecular weight excluding hydrogens is 336 g/mol. The number of hydrogen-bond acceptors (Lipinski definition) is 6. The van der Waals surface area contributed by atoms with Crippen molar-refractivity contribution >= 4 is 5.91 Å². The molecule has 8 heteroatoms. The van der Waals surface area contributed by atoms with E-state index in [4.69, 9.17) is 14.0 Å². The molecule has 26 heavy (non-hydrogen) atoms. The quantitative estimate of drug-likeness (QED) is 0.817. The van der Waals surface area contributed by atoms with Gasteiger partial charge in [-0.2, -0.15) is 5.10 Å². The Bertz CT molecular complexity index is 761. The molecule has 3 heterocycles. The van der Waals surface area contributed by atoms with Crippen LogP contribution in [0.1, 0.15) is 58.4 Å². The Morgan fingerprint density at radius 2 is 2.23 bits per heavy atom. The first-order valence-electron chi connectivity index (χ1n) is 9.09. The van der Waals surface area contributed by atoms with Crippen molar-refractivity contribution in [3.63, 3.8) is 0 Å². The molecule has 0 aromatic carbocycles. The maximum absolute atomic E-state index is 12.5. The van der Waals surface area contributed by atoms with Gasteiger partial charge in [-0.25, -0.2) is 0 Å². The van der Waals surface area contributed by atoms with E-state index in [2.05, 4.69) is 20.7 Å².